The van der Waals surface area contributed by atoms with Crippen LogP contribution in [0.4, 0.5) is 0 Å². The highest BCUT2D eigenvalue weighted by molar-refractivity contribution is 5.87. The molecule has 0 bridgehead atoms. The summed E-state index contributed by atoms with van der Waals surface area (Å²) in [7, 11) is 0. The van der Waals surface area contributed by atoms with E-state index in [0.717, 1.165) is 31.8 Å². The molecule has 0 saturated carbocycles. The lowest BCUT2D eigenvalue weighted by Crippen LogP contribution is -2.30. The van der Waals surface area contributed by atoms with Gasteiger partial charge in [-0.25, -0.2) is 0 Å². The normalized spacial score (nSPS) is 21.9. The fraction of sp³-hybridized carbons (Fsp3) is 0.474. The molecule has 0 radical (unpaired) electrons. The van der Waals surface area contributed by atoms with Gasteiger partial charge in [-0.15, -0.1) is 0 Å². The minimum atomic E-state index is -0.0271. The lowest BCUT2D eigenvalue weighted by molar-refractivity contribution is -0.189. The summed E-state index contributed by atoms with van der Waals surface area (Å²) in [5, 5.41) is 2.47. The van der Waals surface area contributed by atoms with E-state index in [0.29, 0.717) is 12.5 Å². The molecule has 0 atom stereocenters. The molecule has 1 fully saturated rings. The molecule has 2 aromatic rings. The van der Waals surface area contributed by atoms with Crippen molar-refractivity contribution in [3.05, 3.63) is 42.0 Å². The van der Waals surface area contributed by atoms with Gasteiger partial charge in [-0.05, 0) is 41.8 Å². The molecule has 118 valence electrons. The van der Waals surface area contributed by atoms with Crippen molar-refractivity contribution >= 4 is 10.8 Å². The summed E-state index contributed by atoms with van der Waals surface area (Å²) in [6.07, 6.45) is 2.03. The second-order valence-corrected chi connectivity index (χ2v) is 5.75. The molecule has 3 rings (SSSR count). The van der Waals surface area contributed by atoms with Crippen molar-refractivity contribution in [1.29, 1.82) is 0 Å². The molecule has 3 heteroatoms. The Morgan fingerprint density at radius 2 is 1.91 bits per heavy atom. The molecule has 0 amide bonds. The largest absolute Gasteiger partial charge is 0.494 e. The second-order valence-electron chi connectivity index (χ2n) is 5.75. The zero-order valence-electron chi connectivity index (χ0n) is 13.4. The molecule has 2 aromatic carbocycles. The first-order chi connectivity index (χ1) is 10.8. The first-order valence-electron chi connectivity index (χ1n) is 8.20. The molecule has 0 N–H and O–H groups in total. The Bertz CT molecular complexity index is 615. The molecular formula is C19H24O3. The summed E-state index contributed by atoms with van der Waals surface area (Å²) in [5.41, 5.74) is 1.30. The van der Waals surface area contributed by atoms with Crippen LogP contribution in [0.2, 0.25) is 0 Å². The fourth-order valence-electron chi connectivity index (χ4n) is 3.02. The Hall–Kier alpha value is -1.58. The lowest BCUT2D eigenvalue weighted by atomic mass is 9.94. The molecule has 3 nitrogen and oxygen atoms in total. The number of hydrogen-bond acceptors (Lipinski definition) is 3. The number of ether oxygens (including phenoxy) is 3. The Labute approximate surface area is 132 Å². The van der Waals surface area contributed by atoms with Crippen LogP contribution in [-0.4, -0.2) is 26.1 Å². The lowest BCUT2D eigenvalue weighted by Gasteiger charge is -2.30. The second kappa shape index (κ2) is 7.12. The average molecular weight is 300 g/mol. The van der Waals surface area contributed by atoms with E-state index in [4.69, 9.17) is 14.2 Å². The molecular weight excluding hydrogens is 276 g/mol. The van der Waals surface area contributed by atoms with Gasteiger partial charge in [0.05, 0.1) is 19.8 Å². The summed E-state index contributed by atoms with van der Waals surface area (Å²) in [6, 6.07) is 12.7. The van der Waals surface area contributed by atoms with Gasteiger partial charge in [-0.1, -0.05) is 37.6 Å². The average Bonchev–Trinajstić information content (AvgIpc) is 2.55. The van der Waals surface area contributed by atoms with E-state index < -0.39 is 0 Å². The van der Waals surface area contributed by atoms with Crippen LogP contribution in [0, 0.1) is 0 Å². The fourth-order valence-corrected chi connectivity index (χ4v) is 3.02. The molecule has 0 aromatic heterocycles. The summed E-state index contributed by atoms with van der Waals surface area (Å²) >= 11 is 0. The van der Waals surface area contributed by atoms with Crippen LogP contribution in [0.15, 0.2) is 36.4 Å². The summed E-state index contributed by atoms with van der Waals surface area (Å²) in [5.74, 6) is 1.22. The zero-order valence-corrected chi connectivity index (χ0v) is 13.4. The van der Waals surface area contributed by atoms with Crippen molar-refractivity contribution in [2.45, 2.75) is 38.9 Å². The van der Waals surface area contributed by atoms with Gasteiger partial charge < -0.3 is 14.2 Å². The summed E-state index contributed by atoms with van der Waals surface area (Å²) in [6.45, 7) is 6.31. The number of hydrogen-bond donors (Lipinski definition) is 0. The third-order valence-electron chi connectivity index (χ3n) is 4.13. The first-order valence-corrected chi connectivity index (χ1v) is 8.20. The number of fused-ring (bicyclic) bond motifs is 1. The van der Waals surface area contributed by atoms with Gasteiger partial charge in [0.2, 0.25) is 0 Å². The monoisotopic (exact) mass is 300 g/mol. The SMILES string of the molecule is CCCC1OCC(c2cccc3cc(OCC)ccc23)CO1. The van der Waals surface area contributed by atoms with Gasteiger partial charge in [0.25, 0.3) is 0 Å². The molecule has 1 aliphatic heterocycles. The van der Waals surface area contributed by atoms with Gasteiger partial charge in [-0.3, -0.25) is 0 Å². The predicted molar refractivity (Wildman–Crippen MR) is 88.5 cm³/mol. The molecule has 1 heterocycles. The third-order valence-corrected chi connectivity index (χ3v) is 4.13. The highest BCUT2D eigenvalue weighted by atomic mass is 16.7. The first kappa shape index (κ1) is 15.3. The molecule has 1 saturated heterocycles. The van der Waals surface area contributed by atoms with Gasteiger partial charge in [0.15, 0.2) is 6.29 Å². The quantitative estimate of drug-likeness (QED) is 0.814. The van der Waals surface area contributed by atoms with Crippen LogP contribution in [0.1, 0.15) is 38.2 Å². The van der Waals surface area contributed by atoms with Crippen molar-refractivity contribution in [1.82, 2.24) is 0 Å². The van der Waals surface area contributed by atoms with E-state index in [1.165, 1.54) is 16.3 Å². The highest BCUT2D eigenvalue weighted by Gasteiger charge is 2.24. The van der Waals surface area contributed by atoms with E-state index in [-0.39, 0.29) is 6.29 Å². The van der Waals surface area contributed by atoms with Crippen LogP contribution in [0.5, 0.6) is 5.75 Å². The van der Waals surface area contributed by atoms with E-state index in [1.807, 2.05) is 13.0 Å². The van der Waals surface area contributed by atoms with Crippen molar-refractivity contribution in [2.75, 3.05) is 19.8 Å². The van der Waals surface area contributed by atoms with Crippen LogP contribution in [0.25, 0.3) is 10.8 Å². The van der Waals surface area contributed by atoms with Gasteiger partial charge in [-0.2, -0.15) is 0 Å². The Kier molecular flexibility index (Phi) is 4.96. The number of benzene rings is 2. The van der Waals surface area contributed by atoms with Gasteiger partial charge in [0.1, 0.15) is 5.75 Å². The van der Waals surface area contributed by atoms with Crippen molar-refractivity contribution < 1.29 is 14.2 Å². The highest BCUT2D eigenvalue weighted by Crippen LogP contribution is 2.31. The van der Waals surface area contributed by atoms with E-state index in [2.05, 4.69) is 37.3 Å². The molecule has 22 heavy (non-hydrogen) atoms. The van der Waals surface area contributed by atoms with Crippen LogP contribution in [0.3, 0.4) is 0 Å². The summed E-state index contributed by atoms with van der Waals surface area (Å²) in [4.78, 5) is 0. The third kappa shape index (κ3) is 3.26. The van der Waals surface area contributed by atoms with E-state index in [9.17, 15) is 0 Å². The predicted octanol–water partition coefficient (Wildman–Crippen LogP) is 4.50. The molecule has 1 aliphatic rings. The van der Waals surface area contributed by atoms with Crippen molar-refractivity contribution in [3.8, 4) is 5.75 Å². The van der Waals surface area contributed by atoms with Gasteiger partial charge in [0, 0.05) is 5.92 Å². The van der Waals surface area contributed by atoms with E-state index in [1.54, 1.807) is 0 Å². The molecule has 0 unspecified atom stereocenters. The van der Waals surface area contributed by atoms with Gasteiger partial charge >= 0.3 is 0 Å². The maximum absolute atomic E-state index is 5.85. The Morgan fingerprint density at radius 3 is 2.64 bits per heavy atom. The minimum absolute atomic E-state index is 0.0271. The van der Waals surface area contributed by atoms with Crippen LogP contribution in [-0.2, 0) is 9.47 Å². The van der Waals surface area contributed by atoms with E-state index >= 15 is 0 Å². The topological polar surface area (TPSA) is 27.7 Å². The van der Waals surface area contributed by atoms with Crippen LogP contribution < -0.4 is 4.74 Å². The Morgan fingerprint density at radius 1 is 1.09 bits per heavy atom. The standard InChI is InChI=1S/C19H24O3/c1-3-6-19-21-12-15(13-22-19)17-8-5-7-14-11-16(20-4-2)9-10-18(14)17/h5,7-11,15,19H,3-4,6,12-13H2,1-2H3. The van der Waals surface area contributed by atoms with Crippen LogP contribution >= 0.6 is 0 Å². The molecule has 0 spiro atoms. The minimum Gasteiger partial charge on any atom is -0.494 e. The maximum atomic E-state index is 5.85. The summed E-state index contributed by atoms with van der Waals surface area (Å²) < 4.78 is 17.3. The molecule has 0 aliphatic carbocycles. The van der Waals surface area contributed by atoms with Crippen molar-refractivity contribution in [3.63, 3.8) is 0 Å². The smallest absolute Gasteiger partial charge is 0.157 e. The maximum Gasteiger partial charge on any atom is 0.157 e. The van der Waals surface area contributed by atoms with Crippen molar-refractivity contribution in [2.24, 2.45) is 0 Å². The zero-order chi connectivity index (χ0) is 15.4. The Balaban J connectivity index is 1.82. The number of rotatable bonds is 5.